The van der Waals surface area contributed by atoms with Crippen LogP contribution in [0, 0.1) is 26.0 Å². The van der Waals surface area contributed by atoms with E-state index >= 15 is 0 Å². The molecule has 0 saturated heterocycles. The highest BCUT2D eigenvalue weighted by molar-refractivity contribution is 7.99. The zero-order chi connectivity index (χ0) is 23.3. The second-order valence-corrected chi connectivity index (χ2v) is 7.35. The van der Waals surface area contributed by atoms with Gasteiger partial charge in [-0.15, -0.1) is 0 Å². The summed E-state index contributed by atoms with van der Waals surface area (Å²) in [6.07, 6.45) is 0. The zero-order valence-electron chi connectivity index (χ0n) is 16.1. The van der Waals surface area contributed by atoms with Crippen molar-refractivity contribution >= 4 is 34.9 Å². The summed E-state index contributed by atoms with van der Waals surface area (Å²) in [4.78, 5) is 45.8. The molecule has 0 fully saturated rings. The third-order valence-electron chi connectivity index (χ3n) is 4.18. The molecule has 0 N–H and O–H groups in total. The van der Waals surface area contributed by atoms with Crippen molar-refractivity contribution in [3.63, 3.8) is 0 Å². The van der Waals surface area contributed by atoms with E-state index < -0.39 is 45.4 Å². The van der Waals surface area contributed by atoms with Crippen LogP contribution < -0.4 is 0 Å². The van der Waals surface area contributed by atoms with E-state index in [-0.39, 0.29) is 16.0 Å². The van der Waals surface area contributed by atoms with Crippen molar-refractivity contribution in [2.24, 2.45) is 0 Å². The molecule has 0 atom stereocenters. The van der Waals surface area contributed by atoms with Gasteiger partial charge in [0.2, 0.25) is 0 Å². The van der Waals surface area contributed by atoms with Gasteiger partial charge in [0.25, 0.3) is 11.4 Å². The summed E-state index contributed by atoms with van der Waals surface area (Å²) in [5, 5.41) is 22.3. The molecular weight excluding hydrogens is 443 g/mol. The summed E-state index contributed by atoms with van der Waals surface area (Å²) in [5.74, 6) is -1.88. The van der Waals surface area contributed by atoms with Crippen LogP contribution in [-0.2, 0) is 4.74 Å². The number of Topliss-reactive ketones (excluding diaryl/α,β-unsaturated/α-hetero) is 1. The molecule has 0 bridgehead atoms. The number of hydrogen-bond donors (Lipinski definition) is 0. The molecule has 0 spiro atoms. The number of nitrogens with zero attached hydrogens (tertiary/aromatic N) is 2. The average molecular weight is 456 g/mol. The molecule has 162 valence electrons. The molecule has 0 aliphatic heterocycles. The Bertz CT molecular complexity index is 1220. The van der Waals surface area contributed by atoms with Gasteiger partial charge in [0.15, 0.2) is 12.4 Å². The van der Waals surface area contributed by atoms with Crippen molar-refractivity contribution in [1.82, 2.24) is 0 Å². The second-order valence-electron chi connectivity index (χ2n) is 6.27. The fourth-order valence-corrected chi connectivity index (χ4v) is 3.64. The highest BCUT2D eigenvalue weighted by atomic mass is 32.2. The number of carbonyl (C=O) groups is 2. The first kappa shape index (κ1) is 22.6. The molecule has 0 heterocycles. The normalized spacial score (nSPS) is 10.4. The molecule has 3 aromatic carbocycles. The first-order chi connectivity index (χ1) is 15.3. The van der Waals surface area contributed by atoms with Crippen LogP contribution in [0.25, 0.3) is 0 Å². The van der Waals surface area contributed by atoms with Crippen LogP contribution in [0.3, 0.4) is 0 Å². The maximum absolute atomic E-state index is 13.0. The molecule has 0 amide bonds. The lowest BCUT2D eigenvalue weighted by atomic mass is 10.1. The predicted molar refractivity (Wildman–Crippen MR) is 111 cm³/mol. The molecule has 0 aliphatic carbocycles. The first-order valence-corrected chi connectivity index (χ1v) is 9.73. The molecule has 3 aromatic rings. The summed E-state index contributed by atoms with van der Waals surface area (Å²) in [7, 11) is 0. The van der Waals surface area contributed by atoms with E-state index in [9.17, 15) is 34.2 Å². The summed E-state index contributed by atoms with van der Waals surface area (Å²) in [6, 6.07) is 14.0. The maximum Gasteiger partial charge on any atom is 0.339 e. The van der Waals surface area contributed by atoms with E-state index in [0.29, 0.717) is 4.90 Å². The number of carbonyl (C=O) groups excluding carboxylic acids is 2. The summed E-state index contributed by atoms with van der Waals surface area (Å²) in [5.41, 5.74) is -0.702. The van der Waals surface area contributed by atoms with Crippen molar-refractivity contribution in [1.29, 1.82) is 0 Å². The number of esters is 1. The maximum atomic E-state index is 13.0. The Morgan fingerprint density at radius 3 is 2.25 bits per heavy atom. The van der Waals surface area contributed by atoms with Crippen molar-refractivity contribution in [2.45, 2.75) is 9.79 Å². The minimum atomic E-state index is -0.840. The number of halogens is 1. The van der Waals surface area contributed by atoms with Crippen molar-refractivity contribution in [2.75, 3.05) is 6.61 Å². The van der Waals surface area contributed by atoms with Gasteiger partial charge in [-0.05, 0) is 42.5 Å². The lowest BCUT2D eigenvalue weighted by Crippen LogP contribution is -2.15. The Hall–Kier alpha value is -4.12. The molecule has 9 nitrogen and oxygen atoms in total. The molecular formula is C21H13FN2O7S. The first-order valence-electron chi connectivity index (χ1n) is 8.92. The van der Waals surface area contributed by atoms with Gasteiger partial charge >= 0.3 is 5.97 Å². The molecule has 3 rings (SSSR count). The number of ketones is 1. The summed E-state index contributed by atoms with van der Waals surface area (Å²) >= 11 is 0.858. The predicted octanol–water partition coefficient (Wildman–Crippen LogP) is 4.83. The Morgan fingerprint density at radius 1 is 0.906 bits per heavy atom. The van der Waals surface area contributed by atoms with Crippen LogP contribution in [-0.4, -0.2) is 28.2 Å². The van der Waals surface area contributed by atoms with Gasteiger partial charge in [-0.25, -0.2) is 9.18 Å². The molecule has 11 heteroatoms. The molecule has 0 radical (unpaired) electrons. The van der Waals surface area contributed by atoms with Crippen molar-refractivity contribution < 1.29 is 28.6 Å². The third-order valence-corrected chi connectivity index (χ3v) is 5.32. The standard InChI is InChI=1S/C21H13FN2O7S/c22-14-7-5-13(6-8-14)18(25)12-31-21(26)16-3-1-2-4-19(16)32-20-10-9-15(23(27)28)11-17(20)24(29)30/h1-11H,12H2. The van der Waals surface area contributed by atoms with Crippen LogP contribution >= 0.6 is 11.8 Å². The fraction of sp³-hybridized carbons (Fsp3) is 0.0476. The zero-order valence-corrected chi connectivity index (χ0v) is 16.9. The largest absolute Gasteiger partial charge is 0.454 e. The Kier molecular flexibility index (Phi) is 6.90. The number of non-ortho nitro benzene ring substituents is 1. The van der Waals surface area contributed by atoms with Crippen LogP contribution in [0.4, 0.5) is 15.8 Å². The topological polar surface area (TPSA) is 130 Å². The van der Waals surface area contributed by atoms with Gasteiger partial charge in [0, 0.05) is 16.5 Å². The highest BCUT2D eigenvalue weighted by Crippen LogP contribution is 2.38. The number of rotatable bonds is 8. The lowest BCUT2D eigenvalue weighted by Gasteiger charge is -2.09. The number of hydrogen-bond acceptors (Lipinski definition) is 8. The number of benzene rings is 3. The number of nitro benzene ring substituents is 2. The molecule has 32 heavy (non-hydrogen) atoms. The Morgan fingerprint density at radius 2 is 1.59 bits per heavy atom. The van der Waals surface area contributed by atoms with E-state index in [1.54, 1.807) is 12.1 Å². The monoisotopic (exact) mass is 456 g/mol. The van der Waals surface area contributed by atoms with Gasteiger partial charge in [-0.2, -0.15) is 0 Å². The average Bonchev–Trinajstić information content (AvgIpc) is 2.78. The molecule has 0 aliphatic rings. The van der Waals surface area contributed by atoms with E-state index in [0.717, 1.165) is 36.0 Å². The highest BCUT2D eigenvalue weighted by Gasteiger charge is 2.22. The van der Waals surface area contributed by atoms with Gasteiger partial charge in [0.1, 0.15) is 5.82 Å². The molecule has 0 aromatic heterocycles. The number of nitro groups is 2. The van der Waals surface area contributed by atoms with Crippen LogP contribution in [0.5, 0.6) is 0 Å². The van der Waals surface area contributed by atoms with Gasteiger partial charge < -0.3 is 4.74 Å². The van der Waals surface area contributed by atoms with Crippen molar-refractivity contribution in [3.8, 4) is 0 Å². The Balaban J connectivity index is 1.79. The minimum absolute atomic E-state index is 0.0528. The van der Waals surface area contributed by atoms with Crippen LogP contribution in [0.2, 0.25) is 0 Å². The van der Waals surface area contributed by atoms with Crippen molar-refractivity contribution in [3.05, 3.63) is 104 Å². The third kappa shape index (κ3) is 5.32. The van der Waals surface area contributed by atoms with Gasteiger partial charge in [-0.1, -0.05) is 23.9 Å². The van der Waals surface area contributed by atoms with Gasteiger partial charge in [0.05, 0.1) is 26.4 Å². The second kappa shape index (κ2) is 9.79. The van der Waals surface area contributed by atoms with Crippen LogP contribution in [0.15, 0.2) is 76.5 Å². The van der Waals surface area contributed by atoms with Crippen LogP contribution in [0.1, 0.15) is 20.7 Å². The molecule has 0 saturated carbocycles. The fourth-order valence-electron chi connectivity index (χ4n) is 2.62. The lowest BCUT2D eigenvalue weighted by molar-refractivity contribution is -0.396. The van der Waals surface area contributed by atoms with E-state index in [2.05, 4.69) is 0 Å². The van der Waals surface area contributed by atoms with E-state index in [4.69, 9.17) is 4.74 Å². The Labute approximate surface area is 184 Å². The van der Waals surface area contributed by atoms with E-state index in [1.165, 1.54) is 30.3 Å². The number of ether oxygens (including phenoxy) is 1. The summed E-state index contributed by atoms with van der Waals surface area (Å²) < 4.78 is 18.0. The summed E-state index contributed by atoms with van der Waals surface area (Å²) in [6.45, 7) is -0.582. The van der Waals surface area contributed by atoms with E-state index in [1.807, 2.05) is 0 Å². The SMILES string of the molecule is O=C(COC(=O)c1ccccc1Sc1ccc([N+](=O)[O-])cc1[N+](=O)[O-])c1ccc(F)cc1. The smallest absolute Gasteiger partial charge is 0.339 e. The minimum Gasteiger partial charge on any atom is -0.454 e. The van der Waals surface area contributed by atoms with Gasteiger partial charge in [-0.3, -0.25) is 25.0 Å². The quantitative estimate of drug-likeness (QED) is 0.204. The molecule has 0 unspecified atom stereocenters.